The van der Waals surface area contributed by atoms with Crippen molar-refractivity contribution in [3.8, 4) is 0 Å². The van der Waals surface area contributed by atoms with Crippen LogP contribution in [0, 0.1) is 10.2 Å². The lowest BCUT2D eigenvalue weighted by Crippen LogP contribution is -2.68. The van der Waals surface area contributed by atoms with Crippen LogP contribution in [0.2, 0.25) is 0 Å². The van der Waals surface area contributed by atoms with E-state index < -0.39 is 10.2 Å². The van der Waals surface area contributed by atoms with Crippen LogP contribution < -0.4 is 23.5 Å². The van der Waals surface area contributed by atoms with Crippen LogP contribution in [-0.4, -0.2) is 30.9 Å². The van der Waals surface area contributed by atoms with E-state index >= 15 is 0 Å². The van der Waals surface area contributed by atoms with Gasteiger partial charge in [-0.2, -0.15) is 4.58 Å². The minimum Gasteiger partial charge on any atom is -0.347 e. The summed E-state index contributed by atoms with van der Waals surface area (Å²) in [5.74, 6) is 0. The Bertz CT molecular complexity index is 1410. The molecule has 2 aromatic rings. The highest BCUT2D eigenvalue weighted by molar-refractivity contribution is 6.03. The summed E-state index contributed by atoms with van der Waals surface area (Å²) in [4.78, 5) is 5.21. The van der Waals surface area contributed by atoms with Gasteiger partial charge in [0.05, 0.1) is 5.41 Å². The lowest BCUT2D eigenvalue weighted by molar-refractivity contribution is -2.00. The molecule has 0 aliphatic carbocycles. The smallest absolute Gasteiger partial charge is 0.209 e. The highest BCUT2D eigenvalue weighted by Gasteiger charge is 2.42. The fourth-order valence-corrected chi connectivity index (χ4v) is 5.60. The van der Waals surface area contributed by atoms with Gasteiger partial charge in [-0.15, -0.1) is 10.2 Å². The van der Waals surface area contributed by atoms with Crippen molar-refractivity contribution in [2.24, 2.45) is 5.11 Å². The molecule has 212 valence electrons. The Morgan fingerprint density at radius 3 is 2.20 bits per heavy atom. The van der Waals surface area contributed by atoms with Crippen molar-refractivity contribution in [3.05, 3.63) is 106 Å². The molecule has 10 heteroatoms. The molecule has 2 aromatic carbocycles. The second-order valence-corrected chi connectivity index (χ2v) is 11.6. The molecular formula is C30H36ClN5O4. The summed E-state index contributed by atoms with van der Waals surface area (Å²) in [6.45, 7) is 9.65. The van der Waals surface area contributed by atoms with Gasteiger partial charge in [0.1, 0.15) is 7.05 Å². The number of fused-ring (bicyclic) bond motifs is 2. The van der Waals surface area contributed by atoms with Crippen molar-refractivity contribution >= 4 is 17.1 Å². The third kappa shape index (κ3) is 7.01. The summed E-state index contributed by atoms with van der Waals surface area (Å²) in [7, 11) is -0.652. The Morgan fingerprint density at radius 2 is 1.60 bits per heavy atom. The summed E-state index contributed by atoms with van der Waals surface area (Å²) in [5, 5.41) is 3.74. The lowest BCUT2D eigenvalue weighted by atomic mass is 9.81. The van der Waals surface area contributed by atoms with Crippen LogP contribution in [0.5, 0.6) is 0 Å². The molecule has 2 aliphatic heterocycles. The highest BCUT2D eigenvalue weighted by Crippen LogP contribution is 2.46. The minimum absolute atomic E-state index is 0.0637. The molecule has 0 amide bonds. The van der Waals surface area contributed by atoms with Gasteiger partial charge < -0.3 is 4.90 Å². The Morgan fingerprint density at radius 1 is 1.00 bits per heavy atom. The molecule has 0 atom stereocenters. The zero-order chi connectivity index (χ0) is 29.7. The highest BCUT2D eigenvalue weighted by atomic mass is 35.7. The van der Waals surface area contributed by atoms with Gasteiger partial charge in [0, 0.05) is 53.0 Å². The maximum atomic E-state index is 8.68. The number of nitrogens with zero attached hydrogens (tertiary/aromatic N) is 5. The van der Waals surface area contributed by atoms with Gasteiger partial charge in [0.2, 0.25) is 5.69 Å². The maximum Gasteiger partial charge on any atom is 0.209 e. The summed E-state index contributed by atoms with van der Waals surface area (Å²) in [5.41, 5.74) is 17.6. The van der Waals surface area contributed by atoms with Gasteiger partial charge in [0.15, 0.2) is 5.71 Å². The normalized spacial score (nSPS) is 18.4. The number of azide groups is 1. The fourth-order valence-electron chi connectivity index (χ4n) is 5.60. The molecule has 2 heterocycles. The number of benzene rings is 2. The van der Waals surface area contributed by atoms with Crippen molar-refractivity contribution in [1.29, 1.82) is 0 Å². The average Bonchev–Trinajstić information content (AvgIpc) is 3.20. The molecule has 0 aromatic heterocycles. The third-order valence-electron chi connectivity index (χ3n) is 7.58. The number of allylic oxidation sites excluding steroid dienone is 6. The monoisotopic (exact) mass is 565 g/mol. The standard InChI is InChI=1S/C30H36N5.ClHO4/c1-29(2)23-13-7-9-15-25(23)34(5)27(29)19-17-22(12-11-21-32-33-31)18-20-28-30(3,4)24-14-8-10-16-26(24)35(28)6;2-1(3,4)5/h7-10,13-20H,11-12,21H2,1-6H3;(H,2,3,4,5)/q+1;/p-1. The van der Waals surface area contributed by atoms with E-state index in [2.05, 4.69) is 134 Å². The molecule has 9 nitrogen and oxygen atoms in total. The van der Waals surface area contributed by atoms with Crippen molar-refractivity contribution in [1.82, 2.24) is 0 Å². The lowest BCUT2D eigenvalue weighted by Gasteiger charge is -2.23. The Labute approximate surface area is 238 Å². The van der Waals surface area contributed by atoms with E-state index in [0.29, 0.717) is 6.54 Å². The number of rotatable bonds is 7. The van der Waals surface area contributed by atoms with Gasteiger partial charge in [-0.1, -0.05) is 67.5 Å². The molecule has 0 bridgehead atoms. The molecule has 0 saturated heterocycles. The summed E-state index contributed by atoms with van der Waals surface area (Å²) < 4.78 is 36.3. The number of para-hydroxylation sites is 2. The molecule has 0 radical (unpaired) electrons. The first-order valence-corrected chi connectivity index (χ1v) is 14.2. The maximum absolute atomic E-state index is 8.68. The summed E-state index contributed by atoms with van der Waals surface area (Å²) in [6.07, 6.45) is 10.7. The van der Waals surface area contributed by atoms with E-state index in [9.17, 15) is 0 Å². The molecule has 40 heavy (non-hydrogen) atoms. The average molecular weight is 566 g/mol. The second kappa shape index (κ2) is 12.4. The number of hydrogen-bond donors (Lipinski definition) is 0. The Kier molecular flexibility index (Phi) is 9.64. The van der Waals surface area contributed by atoms with E-state index in [1.165, 1.54) is 39.5 Å². The SMILES string of the molecule is CN1C(=CC=C(C=CC2=[N+](C)c3ccccc3C2(C)C)CCCN=[N+]=[N-])C(C)(C)c2ccccc21.[O-][Cl+3]([O-])([O-])[O-]. The van der Waals surface area contributed by atoms with Crippen LogP contribution in [0.25, 0.3) is 10.4 Å². The predicted octanol–water partition coefficient (Wildman–Crippen LogP) is 2.82. The van der Waals surface area contributed by atoms with E-state index in [4.69, 9.17) is 24.2 Å². The quantitative estimate of drug-likeness (QED) is 0.126. The fraction of sp³-hybridized carbons (Fsp3) is 0.367. The third-order valence-corrected chi connectivity index (χ3v) is 7.58. The molecule has 0 N–H and O–H groups in total. The van der Waals surface area contributed by atoms with Crippen LogP contribution in [0.1, 0.15) is 51.7 Å². The van der Waals surface area contributed by atoms with E-state index in [0.717, 1.165) is 12.8 Å². The molecule has 0 unspecified atom stereocenters. The molecular weight excluding hydrogens is 530 g/mol. The van der Waals surface area contributed by atoms with Crippen LogP contribution in [-0.2, 0) is 10.8 Å². The van der Waals surface area contributed by atoms with Gasteiger partial charge in [0.25, 0.3) is 0 Å². The van der Waals surface area contributed by atoms with Gasteiger partial charge in [-0.3, -0.25) is 0 Å². The van der Waals surface area contributed by atoms with Crippen LogP contribution in [0.3, 0.4) is 0 Å². The number of likely N-dealkylation sites (N-methyl/N-ethyl adjacent to an activating group) is 1. The zero-order valence-corrected chi connectivity index (χ0v) is 24.6. The van der Waals surface area contributed by atoms with E-state index in [-0.39, 0.29) is 10.8 Å². The number of hydrogen-bond acceptors (Lipinski definition) is 6. The Hall–Kier alpha value is -3.43. The topological polar surface area (TPSA) is 147 Å². The van der Waals surface area contributed by atoms with Gasteiger partial charge in [-0.25, -0.2) is 18.6 Å². The summed E-state index contributed by atoms with van der Waals surface area (Å²) >= 11 is 0. The second-order valence-electron chi connectivity index (χ2n) is 10.9. The van der Waals surface area contributed by atoms with Crippen molar-refractivity contribution in [2.75, 3.05) is 25.5 Å². The zero-order valence-electron chi connectivity index (χ0n) is 23.8. The molecule has 4 rings (SSSR count). The molecule has 0 spiro atoms. The van der Waals surface area contributed by atoms with Crippen LogP contribution in [0.4, 0.5) is 11.4 Å². The van der Waals surface area contributed by atoms with Crippen molar-refractivity contribution in [2.45, 2.75) is 51.4 Å². The Balaban J connectivity index is 0.000000810. The molecule has 0 fully saturated rings. The number of halogens is 1. The molecule has 0 saturated carbocycles. The van der Waals surface area contributed by atoms with E-state index in [1.54, 1.807) is 0 Å². The first kappa shape index (κ1) is 31.1. The first-order valence-electron chi connectivity index (χ1n) is 13.0. The van der Waals surface area contributed by atoms with E-state index in [1.807, 2.05) is 0 Å². The minimum atomic E-state index is -4.94. The van der Waals surface area contributed by atoms with Gasteiger partial charge >= 0.3 is 0 Å². The van der Waals surface area contributed by atoms with Crippen molar-refractivity contribution in [3.63, 3.8) is 0 Å². The predicted molar refractivity (Wildman–Crippen MR) is 147 cm³/mol. The first-order chi connectivity index (χ1) is 18.7. The van der Waals surface area contributed by atoms with Crippen molar-refractivity contribution < 1.29 is 33.5 Å². The summed E-state index contributed by atoms with van der Waals surface area (Å²) in [6, 6.07) is 17.3. The number of anilines is 1. The van der Waals surface area contributed by atoms with Gasteiger partial charge in [-0.05, 0) is 55.5 Å². The van der Waals surface area contributed by atoms with Crippen LogP contribution in [0.15, 0.2) is 89.2 Å². The van der Waals surface area contributed by atoms with Crippen LogP contribution >= 0.6 is 0 Å². The largest absolute Gasteiger partial charge is 0.347 e. The molecule has 2 aliphatic rings.